The molecule has 1 aliphatic heterocycles. The van der Waals surface area contributed by atoms with Gasteiger partial charge in [0.1, 0.15) is 16.3 Å². The van der Waals surface area contributed by atoms with Crippen LogP contribution in [0.25, 0.3) is 20.7 Å². The number of H-pyrrole nitrogens is 1. The smallest absolute Gasteiger partial charge is 0.268 e. The topological polar surface area (TPSA) is 61.0 Å². The zero-order valence-electron chi connectivity index (χ0n) is 16.3. The summed E-state index contributed by atoms with van der Waals surface area (Å²) in [4.78, 5) is 23.4. The molecule has 2 aromatic heterocycles. The average Bonchev–Trinajstić information content (AvgIpc) is 3.37. The summed E-state index contributed by atoms with van der Waals surface area (Å²) < 4.78 is 13.8. The Hall–Kier alpha value is -3.03. The number of nitrogens with one attached hydrogen (secondary N) is 2. The Bertz CT molecular complexity index is 1220. The summed E-state index contributed by atoms with van der Waals surface area (Å²) in [7, 11) is 0. The van der Waals surface area contributed by atoms with E-state index in [1.54, 1.807) is 12.1 Å². The SMILES string of the molecule is O=c1[nH]c(CN2CCC(Nc3ccccc3)C2)nc2cc(-c3ccc(F)cc3)sc12. The highest BCUT2D eigenvalue weighted by atomic mass is 32.1. The Morgan fingerprint density at radius 1 is 1.17 bits per heavy atom. The van der Waals surface area contributed by atoms with Crippen molar-refractivity contribution in [2.45, 2.75) is 19.0 Å². The van der Waals surface area contributed by atoms with E-state index in [0.717, 1.165) is 35.6 Å². The van der Waals surface area contributed by atoms with Crippen molar-refractivity contribution < 1.29 is 4.39 Å². The van der Waals surface area contributed by atoms with E-state index in [9.17, 15) is 9.18 Å². The molecule has 0 bridgehead atoms. The van der Waals surface area contributed by atoms with Gasteiger partial charge in [0, 0.05) is 29.7 Å². The molecule has 2 N–H and O–H groups in total. The molecule has 3 heterocycles. The molecule has 30 heavy (non-hydrogen) atoms. The maximum absolute atomic E-state index is 13.2. The number of thiophene rings is 1. The third-order valence-electron chi connectivity index (χ3n) is 5.35. The van der Waals surface area contributed by atoms with Crippen LogP contribution in [-0.2, 0) is 6.54 Å². The largest absolute Gasteiger partial charge is 0.381 e. The number of hydrogen-bond acceptors (Lipinski definition) is 5. The predicted molar refractivity (Wildman–Crippen MR) is 119 cm³/mol. The Morgan fingerprint density at radius 2 is 1.97 bits per heavy atom. The second kappa shape index (κ2) is 8.01. The van der Waals surface area contributed by atoms with Crippen LogP contribution in [0.1, 0.15) is 12.2 Å². The van der Waals surface area contributed by atoms with Crippen LogP contribution < -0.4 is 10.9 Å². The summed E-state index contributed by atoms with van der Waals surface area (Å²) in [5.41, 5.74) is 2.58. The van der Waals surface area contributed by atoms with Gasteiger partial charge in [-0.05, 0) is 42.3 Å². The molecule has 1 aliphatic rings. The highest BCUT2D eigenvalue weighted by Gasteiger charge is 2.23. The summed E-state index contributed by atoms with van der Waals surface area (Å²) in [6.07, 6.45) is 1.05. The Morgan fingerprint density at radius 3 is 2.77 bits per heavy atom. The summed E-state index contributed by atoms with van der Waals surface area (Å²) in [6.45, 7) is 2.47. The number of halogens is 1. The Kier molecular flexibility index (Phi) is 5.06. The summed E-state index contributed by atoms with van der Waals surface area (Å²) >= 11 is 1.38. The molecule has 0 amide bonds. The van der Waals surface area contributed by atoms with Gasteiger partial charge in [0.05, 0.1) is 12.1 Å². The van der Waals surface area contributed by atoms with Crippen molar-refractivity contribution in [3.63, 3.8) is 0 Å². The van der Waals surface area contributed by atoms with Crippen molar-refractivity contribution >= 4 is 27.2 Å². The van der Waals surface area contributed by atoms with Crippen LogP contribution in [0.15, 0.2) is 65.5 Å². The lowest BCUT2D eigenvalue weighted by atomic mass is 10.2. The third kappa shape index (κ3) is 3.99. The molecule has 4 aromatic rings. The lowest BCUT2D eigenvalue weighted by Gasteiger charge is -2.17. The molecular formula is C23H21FN4OS. The molecule has 1 atom stereocenters. The predicted octanol–water partition coefficient (Wildman–Crippen LogP) is 4.48. The number of rotatable bonds is 5. The standard InChI is InChI=1S/C23H21FN4OS/c24-16-8-6-15(7-9-16)20-12-19-22(30-20)23(29)27-21(26-19)14-28-11-10-18(13-28)25-17-4-2-1-3-5-17/h1-9,12,18,25H,10-11,13-14H2,(H,26,27,29). The minimum atomic E-state index is -0.274. The highest BCUT2D eigenvalue weighted by Crippen LogP contribution is 2.31. The van der Waals surface area contributed by atoms with E-state index in [0.29, 0.717) is 28.6 Å². The van der Waals surface area contributed by atoms with Crippen molar-refractivity contribution in [1.29, 1.82) is 0 Å². The molecule has 7 heteroatoms. The molecule has 1 unspecified atom stereocenters. The van der Waals surface area contributed by atoms with Crippen molar-refractivity contribution in [3.05, 3.63) is 82.7 Å². The van der Waals surface area contributed by atoms with Crippen molar-refractivity contribution in [3.8, 4) is 10.4 Å². The lowest BCUT2D eigenvalue weighted by Crippen LogP contribution is -2.27. The zero-order valence-corrected chi connectivity index (χ0v) is 17.1. The lowest BCUT2D eigenvalue weighted by molar-refractivity contribution is 0.320. The van der Waals surface area contributed by atoms with Crippen LogP contribution >= 0.6 is 11.3 Å². The summed E-state index contributed by atoms with van der Waals surface area (Å²) in [6, 6.07) is 18.8. The first-order valence-electron chi connectivity index (χ1n) is 9.97. The van der Waals surface area contributed by atoms with Crippen LogP contribution in [0, 0.1) is 5.82 Å². The molecule has 152 valence electrons. The van der Waals surface area contributed by atoms with Gasteiger partial charge in [-0.2, -0.15) is 0 Å². The monoisotopic (exact) mass is 420 g/mol. The Labute approximate surface area is 177 Å². The molecule has 1 saturated heterocycles. The summed E-state index contributed by atoms with van der Waals surface area (Å²) in [5, 5.41) is 3.56. The van der Waals surface area contributed by atoms with E-state index in [-0.39, 0.29) is 11.4 Å². The first-order chi connectivity index (χ1) is 14.6. The van der Waals surface area contributed by atoms with Crippen molar-refractivity contribution in [1.82, 2.24) is 14.9 Å². The molecule has 5 nitrogen and oxygen atoms in total. The van der Waals surface area contributed by atoms with Crippen LogP contribution in [0.5, 0.6) is 0 Å². The number of nitrogens with zero attached hydrogens (tertiary/aromatic N) is 2. The van der Waals surface area contributed by atoms with Gasteiger partial charge in [0.15, 0.2) is 0 Å². The van der Waals surface area contributed by atoms with E-state index >= 15 is 0 Å². The number of aromatic nitrogens is 2. The maximum atomic E-state index is 13.2. The fraction of sp³-hybridized carbons (Fsp3) is 0.217. The molecule has 0 aliphatic carbocycles. The average molecular weight is 421 g/mol. The van der Waals surface area contributed by atoms with Crippen molar-refractivity contribution in [2.75, 3.05) is 18.4 Å². The number of hydrogen-bond donors (Lipinski definition) is 2. The van der Waals surface area contributed by atoms with Gasteiger partial charge < -0.3 is 10.3 Å². The number of fused-ring (bicyclic) bond motifs is 1. The summed E-state index contributed by atoms with van der Waals surface area (Å²) in [5.74, 6) is 0.403. The highest BCUT2D eigenvalue weighted by molar-refractivity contribution is 7.22. The number of likely N-dealkylation sites (tertiary alicyclic amines) is 1. The van der Waals surface area contributed by atoms with E-state index in [2.05, 4.69) is 27.3 Å². The number of anilines is 1. The third-order valence-corrected chi connectivity index (χ3v) is 6.52. The number of benzene rings is 2. The molecule has 0 saturated carbocycles. The molecule has 0 spiro atoms. The maximum Gasteiger partial charge on any atom is 0.268 e. The Balaban J connectivity index is 1.31. The van der Waals surface area contributed by atoms with Gasteiger partial charge in [-0.3, -0.25) is 9.69 Å². The molecule has 2 aromatic carbocycles. The normalized spacial score (nSPS) is 16.9. The first-order valence-corrected chi connectivity index (χ1v) is 10.8. The van der Waals surface area contributed by atoms with Gasteiger partial charge in [0.2, 0.25) is 0 Å². The van der Waals surface area contributed by atoms with Crippen LogP contribution in [0.4, 0.5) is 10.1 Å². The second-order valence-corrected chi connectivity index (χ2v) is 8.63. The van der Waals surface area contributed by atoms with Crippen LogP contribution in [0.2, 0.25) is 0 Å². The van der Waals surface area contributed by atoms with Gasteiger partial charge in [-0.1, -0.05) is 30.3 Å². The molecule has 1 fully saturated rings. The van der Waals surface area contributed by atoms with Gasteiger partial charge in [-0.25, -0.2) is 9.37 Å². The molecular weight excluding hydrogens is 399 g/mol. The molecule has 5 rings (SSSR count). The van der Waals surface area contributed by atoms with Crippen LogP contribution in [0.3, 0.4) is 0 Å². The van der Waals surface area contributed by atoms with E-state index < -0.39 is 0 Å². The number of aromatic amines is 1. The quantitative estimate of drug-likeness (QED) is 0.500. The van der Waals surface area contributed by atoms with Gasteiger partial charge in [0.25, 0.3) is 5.56 Å². The fourth-order valence-corrected chi connectivity index (χ4v) is 4.89. The van der Waals surface area contributed by atoms with E-state index in [1.165, 1.54) is 23.5 Å². The second-order valence-electron chi connectivity index (χ2n) is 7.58. The number of para-hydroxylation sites is 1. The van der Waals surface area contributed by atoms with Crippen LogP contribution in [-0.4, -0.2) is 34.0 Å². The minimum absolute atomic E-state index is 0.119. The van der Waals surface area contributed by atoms with E-state index in [4.69, 9.17) is 4.98 Å². The van der Waals surface area contributed by atoms with Crippen molar-refractivity contribution in [2.24, 2.45) is 0 Å². The van der Waals surface area contributed by atoms with E-state index in [1.807, 2.05) is 24.3 Å². The van der Waals surface area contributed by atoms with Gasteiger partial charge in [-0.15, -0.1) is 11.3 Å². The fourth-order valence-electron chi connectivity index (χ4n) is 3.90. The minimum Gasteiger partial charge on any atom is -0.381 e. The molecule has 0 radical (unpaired) electrons. The zero-order chi connectivity index (χ0) is 20.5. The first kappa shape index (κ1) is 19.0. The van der Waals surface area contributed by atoms with Gasteiger partial charge >= 0.3 is 0 Å².